The van der Waals surface area contributed by atoms with Gasteiger partial charge in [0.1, 0.15) is 0 Å². The molecule has 0 unspecified atom stereocenters. The summed E-state index contributed by atoms with van der Waals surface area (Å²) in [5.41, 5.74) is 0.863. The monoisotopic (exact) mass is 249 g/mol. The molecule has 0 spiro atoms. The van der Waals surface area contributed by atoms with E-state index < -0.39 is 0 Å². The van der Waals surface area contributed by atoms with E-state index in [1.165, 1.54) is 6.07 Å². The van der Waals surface area contributed by atoms with Gasteiger partial charge in [-0.1, -0.05) is 33.8 Å². The number of aryl methyl sites for hydroxylation is 1. The molecule has 0 radical (unpaired) electrons. The maximum Gasteiger partial charge on any atom is 0.248 e. The summed E-state index contributed by atoms with van der Waals surface area (Å²) in [5.74, 6) is 0. The summed E-state index contributed by atoms with van der Waals surface area (Å²) in [7, 11) is 0. The van der Waals surface area contributed by atoms with Gasteiger partial charge in [-0.15, -0.1) is 0 Å². The molecule has 0 aromatic carbocycles. The van der Waals surface area contributed by atoms with E-state index >= 15 is 0 Å². The van der Waals surface area contributed by atoms with Crippen LogP contribution in [-0.4, -0.2) is 4.98 Å². The van der Waals surface area contributed by atoms with Gasteiger partial charge in [0.05, 0.1) is 0 Å². The third kappa shape index (κ3) is 15.9. The van der Waals surface area contributed by atoms with Crippen molar-refractivity contribution in [3.8, 4) is 0 Å². The van der Waals surface area contributed by atoms with Crippen LogP contribution in [0.3, 0.4) is 0 Å². The minimum Gasteiger partial charge on any atom is -0.327 e. The van der Waals surface area contributed by atoms with Gasteiger partial charge in [-0.3, -0.25) is 4.79 Å². The fraction of sp³-hybridized carbons (Fsp3) is 0.500. The summed E-state index contributed by atoms with van der Waals surface area (Å²) in [6.45, 7) is 9.85. The topological polar surface area (TPSA) is 32.9 Å². The van der Waals surface area contributed by atoms with Crippen molar-refractivity contribution in [3.05, 3.63) is 34.2 Å². The van der Waals surface area contributed by atoms with Crippen LogP contribution in [0.25, 0.3) is 0 Å². The van der Waals surface area contributed by atoms with E-state index in [1.807, 2.05) is 40.7 Å². The summed E-state index contributed by atoms with van der Waals surface area (Å²) < 4.78 is 0. The molecule has 1 heterocycles. The number of hydrogen-bond donors (Lipinski definition) is 1. The minimum atomic E-state index is -0.0370. The average molecular weight is 249 g/mol. The third-order valence-corrected chi connectivity index (χ3v) is 0.914. The van der Waals surface area contributed by atoms with Crippen LogP contribution in [0.2, 0.25) is 0 Å². The second-order valence-electron chi connectivity index (χ2n) is 1.70. The van der Waals surface area contributed by atoms with E-state index in [2.05, 4.69) is 4.98 Å². The molecular formula is C10H19Ar2NO. The SMILES string of the molecule is CC.CC.Cc1cccc(=O)[nH]1.[Ar].[Ar]. The standard InChI is InChI=1S/C6H7NO.2C2H6.2Ar/c1-5-3-2-4-6(8)7-5;2*1-2;;/h2-4H,1H3,(H,7,8);2*1-2H3;;. The molecular weight excluding hydrogens is 230 g/mol. The zero-order valence-electron chi connectivity index (χ0n) is 9.35. The van der Waals surface area contributed by atoms with Gasteiger partial charge in [0, 0.05) is 87.2 Å². The molecule has 0 aliphatic heterocycles. The van der Waals surface area contributed by atoms with Gasteiger partial charge in [-0.25, -0.2) is 0 Å². The maximum atomic E-state index is 10.4. The van der Waals surface area contributed by atoms with E-state index in [-0.39, 0.29) is 81.0 Å². The number of H-pyrrole nitrogens is 1. The Morgan fingerprint density at radius 1 is 1.00 bits per heavy atom. The largest absolute Gasteiger partial charge is 0.327 e. The normalized spacial score (nSPS) is 6.07. The number of pyridine rings is 1. The van der Waals surface area contributed by atoms with Gasteiger partial charge in [0.15, 0.2) is 0 Å². The van der Waals surface area contributed by atoms with Gasteiger partial charge in [0.2, 0.25) is 5.56 Å². The van der Waals surface area contributed by atoms with Crippen molar-refractivity contribution in [3.63, 3.8) is 0 Å². The molecule has 1 rings (SSSR count). The molecule has 4 heteroatoms. The molecule has 1 aromatic heterocycles. The van der Waals surface area contributed by atoms with Crippen molar-refractivity contribution in [2.45, 2.75) is 34.6 Å². The first-order chi connectivity index (χ1) is 5.79. The van der Waals surface area contributed by atoms with Gasteiger partial charge in [0.25, 0.3) is 0 Å². The first-order valence-electron chi connectivity index (χ1n) is 4.45. The van der Waals surface area contributed by atoms with Crippen molar-refractivity contribution < 1.29 is 75.5 Å². The Kier molecular flexibility index (Phi) is 35.1. The molecule has 86 valence electrons. The van der Waals surface area contributed by atoms with Gasteiger partial charge >= 0.3 is 0 Å². The minimum absolute atomic E-state index is 0. The van der Waals surface area contributed by atoms with E-state index in [0.717, 1.165) is 5.69 Å². The molecule has 0 bridgehead atoms. The van der Waals surface area contributed by atoms with Crippen LogP contribution in [0.5, 0.6) is 0 Å². The van der Waals surface area contributed by atoms with Crippen LogP contribution in [0.1, 0.15) is 33.4 Å². The molecule has 14 heavy (non-hydrogen) atoms. The second-order valence-corrected chi connectivity index (χ2v) is 1.70. The number of aromatic nitrogens is 1. The quantitative estimate of drug-likeness (QED) is 0.753. The summed E-state index contributed by atoms with van der Waals surface area (Å²) in [6.07, 6.45) is 0. The molecule has 0 saturated heterocycles. The maximum absolute atomic E-state index is 10.4. The first-order valence-corrected chi connectivity index (χ1v) is 4.45. The Bertz CT molecular complexity index is 236. The van der Waals surface area contributed by atoms with Crippen molar-refractivity contribution >= 4 is 0 Å². The van der Waals surface area contributed by atoms with Gasteiger partial charge in [-0.05, 0) is 13.0 Å². The van der Waals surface area contributed by atoms with Crippen molar-refractivity contribution in [2.75, 3.05) is 0 Å². The summed E-state index contributed by atoms with van der Waals surface area (Å²) in [6, 6.07) is 5.07. The van der Waals surface area contributed by atoms with Crippen molar-refractivity contribution in [2.24, 2.45) is 0 Å². The molecule has 0 aliphatic rings. The van der Waals surface area contributed by atoms with Gasteiger partial charge < -0.3 is 4.98 Å². The Hall–Kier alpha value is 1.47. The molecule has 0 fully saturated rings. The Labute approximate surface area is 147 Å². The summed E-state index contributed by atoms with van der Waals surface area (Å²) >= 11 is 0. The van der Waals surface area contributed by atoms with Crippen LogP contribution in [0.15, 0.2) is 23.0 Å². The van der Waals surface area contributed by atoms with Crippen molar-refractivity contribution in [1.82, 2.24) is 4.98 Å². The van der Waals surface area contributed by atoms with E-state index in [0.29, 0.717) is 0 Å². The molecule has 1 N–H and O–H groups in total. The van der Waals surface area contributed by atoms with E-state index in [4.69, 9.17) is 0 Å². The van der Waals surface area contributed by atoms with Crippen LogP contribution in [-0.2, 0) is 0 Å². The van der Waals surface area contributed by atoms with Gasteiger partial charge in [-0.2, -0.15) is 0 Å². The van der Waals surface area contributed by atoms with Crippen LogP contribution in [0.4, 0.5) is 0 Å². The van der Waals surface area contributed by atoms with Crippen LogP contribution in [0, 0.1) is 82.4 Å². The zero-order chi connectivity index (χ0) is 9.98. The predicted molar refractivity (Wildman–Crippen MR) is 54.5 cm³/mol. The number of aromatic amines is 1. The van der Waals surface area contributed by atoms with E-state index in [1.54, 1.807) is 6.07 Å². The summed E-state index contributed by atoms with van der Waals surface area (Å²) in [5, 5.41) is 0. The van der Waals surface area contributed by atoms with E-state index in [9.17, 15) is 4.79 Å². The van der Waals surface area contributed by atoms with Crippen LogP contribution >= 0.6 is 0 Å². The zero-order valence-corrected chi connectivity index (χ0v) is 10.8. The predicted octanol–water partition coefficient (Wildman–Crippen LogP) is 2.74. The smallest absolute Gasteiger partial charge is 0.248 e. The number of hydrogen-bond acceptors (Lipinski definition) is 1. The second kappa shape index (κ2) is 20.0. The molecule has 1 aromatic rings. The fourth-order valence-electron chi connectivity index (χ4n) is 0.558. The Balaban J connectivity index is -0.0000000750. The Morgan fingerprint density at radius 2 is 1.43 bits per heavy atom. The first kappa shape index (κ1) is 24.6. The molecule has 0 aliphatic carbocycles. The molecule has 0 atom stereocenters. The van der Waals surface area contributed by atoms with Crippen molar-refractivity contribution in [1.29, 1.82) is 0 Å². The number of nitrogens with one attached hydrogen (secondary N) is 1. The number of rotatable bonds is 0. The molecule has 0 saturated carbocycles. The van der Waals surface area contributed by atoms with Crippen LogP contribution < -0.4 is 5.56 Å². The fourth-order valence-corrected chi connectivity index (χ4v) is 0.558. The molecule has 2 nitrogen and oxygen atoms in total. The average Bonchev–Trinajstić information content (AvgIpc) is 2.11. The Morgan fingerprint density at radius 3 is 1.64 bits per heavy atom. The third-order valence-electron chi connectivity index (χ3n) is 0.914. The summed E-state index contributed by atoms with van der Waals surface area (Å²) in [4.78, 5) is 13.0. The molecule has 0 amide bonds.